The molecule has 0 amide bonds. The third kappa shape index (κ3) is 2.46. The van der Waals surface area contributed by atoms with Gasteiger partial charge in [-0.1, -0.05) is 0 Å². The molecule has 15 heavy (non-hydrogen) atoms. The quantitative estimate of drug-likeness (QED) is 0.800. The van der Waals surface area contributed by atoms with Crippen molar-refractivity contribution in [3.05, 3.63) is 29.1 Å². The molecular formula is C11H16FNO2. The molecule has 0 aromatic heterocycles. The average Bonchev–Trinajstić information content (AvgIpc) is 2.17. The third-order valence-electron chi connectivity index (χ3n) is 2.36. The predicted molar refractivity (Wildman–Crippen MR) is 56.3 cm³/mol. The molecule has 0 aliphatic rings. The van der Waals surface area contributed by atoms with Gasteiger partial charge in [-0.2, -0.15) is 0 Å². The Kier molecular flexibility index (Phi) is 3.66. The van der Waals surface area contributed by atoms with Crippen LogP contribution in [0.1, 0.15) is 24.2 Å². The first-order valence-electron chi connectivity index (χ1n) is 4.75. The summed E-state index contributed by atoms with van der Waals surface area (Å²) in [5.41, 5.74) is 6.85. The number of rotatable bonds is 3. The van der Waals surface area contributed by atoms with Crippen LogP contribution < -0.4 is 10.5 Å². The molecule has 84 valence electrons. The summed E-state index contributed by atoms with van der Waals surface area (Å²) in [5, 5.41) is 9.79. The van der Waals surface area contributed by atoms with E-state index in [-0.39, 0.29) is 5.75 Å². The molecule has 0 saturated carbocycles. The molecule has 0 bridgehead atoms. The lowest BCUT2D eigenvalue weighted by atomic mass is 9.98. The zero-order chi connectivity index (χ0) is 11.6. The Morgan fingerprint density at radius 2 is 2.07 bits per heavy atom. The topological polar surface area (TPSA) is 55.5 Å². The molecule has 2 atom stereocenters. The van der Waals surface area contributed by atoms with E-state index in [9.17, 15) is 9.50 Å². The highest BCUT2D eigenvalue weighted by atomic mass is 19.1. The van der Waals surface area contributed by atoms with Crippen molar-refractivity contribution in [1.82, 2.24) is 0 Å². The zero-order valence-corrected chi connectivity index (χ0v) is 9.12. The first-order valence-corrected chi connectivity index (χ1v) is 4.75. The first kappa shape index (κ1) is 11.9. The summed E-state index contributed by atoms with van der Waals surface area (Å²) in [4.78, 5) is 0. The number of benzene rings is 1. The van der Waals surface area contributed by atoms with E-state index in [1.165, 1.54) is 19.2 Å². The molecular weight excluding hydrogens is 197 g/mol. The number of ether oxygens (including phenoxy) is 1. The van der Waals surface area contributed by atoms with Gasteiger partial charge in [0.05, 0.1) is 13.2 Å². The maximum atomic E-state index is 13.3. The summed E-state index contributed by atoms with van der Waals surface area (Å²) >= 11 is 0. The zero-order valence-electron chi connectivity index (χ0n) is 9.12. The molecule has 0 aliphatic carbocycles. The fourth-order valence-electron chi connectivity index (χ4n) is 1.43. The summed E-state index contributed by atoms with van der Waals surface area (Å²) in [5.74, 6) is -0.314. The van der Waals surface area contributed by atoms with E-state index < -0.39 is 18.0 Å². The number of nitrogens with two attached hydrogens (primary N) is 1. The van der Waals surface area contributed by atoms with Gasteiger partial charge in [0.25, 0.3) is 0 Å². The normalized spacial score (nSPS) is 14.8. The van der Waals surface area contributed by atoms with E-state index in [1.54, 1.807) is 13.8 Å². The van der Waals surface area contributed by atoms with E-state index >= 15 is 0 Å². The fraction of sp³-hybridized carbons (Fsp3) is 0.455. The molecule has 3 N–H and O–H groups in total. The minimum Gasteiger partial charge on any atom is -0.494 e. The SMILES string of the molecule is COc1cc(C(O)C(C)N)c(C)cc1F. The largest absolute Gasteiger partial charge is 0.494 e. The second-order valence-corrected chi connectivity index (χ2v) is 3.65. The standard InChI is InChI=1S/C11H16FNO2/c1-6-4-9(12)10(15-3)5-8(6)11(14)7(2)13/h4-5,7,11,14H,13H2,1-3H3. The fourth-order valence-corrected chi connectivity index (χ4v) is 1.43. The molecule has 0 spiro atoms. The van der Waals surface area contributed by atoms with Gasteiger partial charge in [0, 0.05) is 6.04 Å². The summed E-state index contributed by atoms with van der Waals surface area (Å²) in [6.07, 6.45) is -0.806. The Morgan fingerprint density at radius 3 is 2.53 bits per heavy atom. The van der Waals surface area contributed by atoms with Crippen LogP contribution in [0, 0.1) is 12.7 Å². The molecule has 0 fully saturated rings. The molecule has 0 heterocycles. The van der Waals surface area contributed by atoms with Gasteiger partial charge in [-0.25, -0.2) is 4.39 Å². The molecule has 3 nitrogen and oxygen atoms in total. The molecule has 0 aliphatic heterocycles. The minimum atomic E-state index is -0.806. The Labute approximate surface area is 88.7 Å². The van der Waals surface area contributed by atoms with Gasteiger partial charge in [0.1, 0.15) is 0 Å². The van der Waals surface area contributed by atoms with E-state index in [2.05, 4.69) is 0 Å². The Hall–Kier alpha value is -1.13. The summed E-state index contributed by atoms with van der Waals surface area (Å²) in [6.45, 7) is 3.42. The van der Waals surface area contributed by atoms with Crippen LogP contribution in [0.4, 0.5) is 4.39 Å². The van der Waals surface area contributed by atoms with Crippen LogP contribution in [0.5, 0.6) is 5.75 Å². The van der Waals surface area contributed by atoms with Crippen LogP contribution >= 0.6 is 0 Å². The lowest BCUT2D eigenvalue weighted by molar-refractivity contribution is 0.152. The smallest absolute Gasteiger partial charge is 0.165 e. The average molecular weight is 213 g/mol. The highest BCUT2D eigenvalue weighted by Gasteiger charge is 2.17. The Morgan fingerprint density at radius 1 is 1.47 bits per heavy atom. The van der Waals surface area contributed by atoms with Gasteiger partial charge >= 0.3 is 0 Å². The third-order valence-corrected chi connectivity index (χ3v) is 2.36. The van der Waals surface area contributed by atoms with Crippen molar-refractivity contribution in [2.24, 2.45) is 5.73 Å². The highest BCUT2D eigenvalue weighted by molar-refractivity contribution is 5.38. The monoisotopic (exact) mass is 213 g/mol. The second-order valence-electron chi connectivity index (χ2n) is 3.65. The van der Waals surface area contributed by atoms with E-state index in [0.29, 0.717) is 11.1 Å². The number of aliphatic hydroxyl groups is 1. The van der Waals surface area contributed by atoms with E-state index in [4.69, 9.17) is 10.5 Å². The number of hydrogen-bond donors (Lipinski definition) is 2. The first-order chi connectivity index (χ1) is 6.97. The number of aryl methyl sites for hydroxylation is 1. The van der Waals surface area contributed by atoms with Crippen molar-refractivity contribution in [3.63, 3.8) is 0 Å². The van der Waals surface area contributed by atoms with Crippen molar-refractivity contribution in [2.45, 2.75) is 26.0 Å². The van der Waals surface area contributed by atoms with Gasteiger partial charge in [0.2, 0.25) is 0 Å². The van der Waals surface area contributed by atoms with Crippen molar-refractivity contribution >= 4 is 0 Å². The van der Waals surface area contributed by atoms with Crippen molar-refractivity contribution < 1.29 is 14.2 Å². The minimum absolute atomic E-state index is 0.121. The van der Waals surface area contributed by atoms with Crippen molar-refractivity contribution in [3.8, 4) is 5.75 Å². The van der Waals surface area contributed by atoms with E-state index in [0.717, 1.165) is 0 Å². The lowest BCUT2D eigenvalue weighted by Gasteiger charge is -2.18. The summed E-state index contributed by atoms with van der Waals surface area (Å²) in [7, 11) is 1.38. The molecule has 1 aromatic rings. The van der Waals surface area contributed by atoms with Crippen LogP contribution in [0.2, 0.25) is 0 Å². The maximum Gasteiger partial charge on any atom is 0.165 e. The van der Waals surface area contributed by atoms with Crippen LogP contribution in [0.3, 0.4) is 0 Å². The number of hydrogen-bond acceptors (Lipinski definition) is 3. The van der Waals surface area contributed by atoms with Gasteiger partial charge < -0.3 is 15.6 Å². The number of halogens is 1. The van der Waals surface area contributed by atoms with E-state index in [1.807, 2.05) is 0 Å². The molecule has 4 heteroatoms. The molecule has 0 radical (unpaired) electrons. The number of aliphatic hydroxyl groups excluding tert-OH is 1. The van der Waals surface area contributed by atoms with Gasteiger partial charge in [-0.05, 0) is 37.1 Å². The maximum absolute atomic E-state index is 13.3. The highest BCUT2D eigenvalue weighted by Crippen LogP contribution is 2.27. The van der Waals surface area contributed by atoms with Gasteiger partial charge in [-0.15, -0.1) is 0 Å². The predicted octanol–water partition coefficient (Wildman–Crippen LogP) is 1.52. The van der Waals surface area contributed by atoms with Crippen LogP contribution in [-0.4, -0.2) is 18.3 Å². The molecule has 2 unspecified atom stereocenters. The van der Waals surface area contributed by atoms with Crippen molar-refractivity contribution in [1.29, 1.82) is 0 Å². The summed E-state index contributed by atoms with van der Waals surface area (Å²) in [6, 6.07) is 2.41. The van der Waals surface area contributed by atoms with Crippen LogP contribution in [0.15, 0.2) is 12.1 Å². The Balaban J connectivity index is 3.18. The van der Waals surface area contributed by atoms with Crippen LogP contribution in [0.25, 0.3) is 0 Å². The van der Waals surface area contributed by atoms with Gasteiger partial charge in [0.15, 0.2) is 11.6 Å². The Bertz CT molecular complexity index is 353. The van der Waals surface area contributed by atoms with Crippen LogP contribution in [-0.2, 0) is 0 Å². The molecule has 0 saturated heterocycles. The second kappa shape index (κ2) is 4.59. The summed E-state index contributed by atoms with van der Waals surface area (Å²) < 4.78 is 18.1. The lowest BCUT2D eigenvalue weighted by Crippen LogP contribution is -2.25. The van der Waals surface area contributed by atoms with Crippen molar-refractivity contribution in [2.75, 3.05) is 7.11 Å². The molecule has 1 aromatic carbocycles. The molecule has 1 rings (SSSR count). The van der Waals surface area contributed by atoms with Gasteiger partial charge in [-0.3, -0.25) is 0 Å². The number of methoxy groups -OCH3 is 1.